The van der Waals surface area contributed by atoms with Gasteiger partial charge in [-0.15, -0.1) is 0 Å². The van der Waals surface area contributed by atoms with Crippen LogP contribution in [0, 0.1) is 18.6 Å². The normalized spacial score (nSPS) is 19.3. The van der Waals surface area contributed by atoms with E-state index in [2.05, 4.69) is 0 Å². The standard InChI is InChI=1S/C20H16F2O/c1-11-15-9-17-14(3-2-4-19(17)23)20(15)16(10-18(11)22)12-5-7-13(21)8-6-12/h5-10,14H,2-4H2,1H3. The van der Waals surface area contributed by atoms with Gasteiger partial charge in [0.05, 0.1) is 0 Å². The van der Waals surface area contributed by atoms with Gasteiger partial charge in [-0.2, -0.15) is 0 Å². The van der Waals surface area contributed by atoms with Crippen molar-refractivity contribution in [3.63, 3.8) is 0 Å². The van der Waals surface area contributed by atoms with Crippen LogP contribution < -0.4 is 0 Å². The van der Waals surface area contributed by atoms with Gasteiger partial charge in [0, 0.05) is 17.9 Å². The van der Waals surface area contributed by atoms with Crippen LogP contribution in [0.15, 0.2) is 35.9 Å². The van der Waals surface area contributed by atoms with E-state index in [0.29, 0.717) is 12.0 Å². The van der Waals surface area contributed by atoms with Crippen LogP contribution in [0.4, 0.5) is 8.78 Å². The minimum atomic E-state index is -0.315. The van der Waals surface area contributed by atoms with Crippen molar-refractivity contribution in [1.82, 2.24) is 0 Å². The molecule has 116 valence electrons. The largest absolute Gasteiger partial charge is 0.295 e. The molecular weight excluding hydrogens is 294 g/mol. The molecule has 0 aliphatic heterocycles. The van der Waals surface area contributed by atoms with Crippen LogP contribution >= 0.6 is 0 Å². The number of ketones is 1. The van der Waals surface area contributed by atoms with Gasteiger partial charge in [0.1, 0.15) is 11.6 Å². The smallest absolute Gasteiger partial charge is 0.159 e. The summed E-state index contributed by atoms with van der Waals surface area (Å²) < 4.78 is 27.6. The van der Waals surface area contributed by atoms with Crippen molar-refractivity contribution in [1.29, 1.82) is 0 Å². The highest BCUT2D eigenvalue weighted by Crippen LogP contribution is 2.48. The Hall–Kier alpha value is -2.29. The van der Waals surface area contributed by atoms with E-state index in [-0.39, 0.29) is 23.3 Å². The molecule has 1 saturated carbocycles. The van der Waals surface area contributed by atoms with Gasteiger partial charge >= 0.3 is 0 Å². The monoisotopic (exact) mass is 310 g/mol. The molecule has 0 aromatic heterocycles. The Morgan fingerprint density at radius 1 is 1.13 bits per heavy atom. The van der Waals surface area contributed by atoms with Crippen molar-refractivity contribution in [3.8, 4) is 11.1 Å². The van der Waals surface area contributed by atoms with Crippen LogP contribution in [0.2, 0.25) is 0 Å². The number of carbonyl (C=O) groups is 1. The topological polar surface area (TPSA) is 17.1 Å². The maximum Gasteiger partial charge on any atom is 0.159 e. The third-order valence-corrected chi connectivity index (χ3v) is 5.01. The predicted molar refractivity (Wildman–Crippen MR) is 86.1 cm³/mol. The number of benzene rings is 2. The summed E-state index contributed by atoms with van der Waals surface area (Å²) in [6.45, 7) is 1.75. The first-order chi connectivity index (χ1) is 11.1. The predicted octanol–water partition coefficient (Wildman–Crippen LogP) is 5.17. The summed E-state index contributed by atoms with van der Waals surface area (Å²) in [5.41, 5.74) is 4.81. The molecule has 23 heavy (non-hydrogen) atoms. The highest BCUT2D eigenvalue weighted by atomic mass is 19.1. The Balaban J connectivity index is 1.96. The maximum absolute atomic E-state index is 14.4. The average Bonchev–Trinajstić information content (AvgIpc) is 2.93. The summed E-state index contributed by atoms with van der Waals surface area (Å²) in [5.74, 6) is -0.386. The lowest BCUT2D eigenvalue weighted by atomic mass is 9.79. The van der Waals surface area contributed by atoms with E-state index in [1.165, 1.54) is 18.2 Å². The van der Waals surface area contributed by atoms with Crippen molar-refractivity contribution >= 4 is 11.9 Å². The van der Waals surface area contributed by atoms with Crippen LogP contribution in [0.5, 0.6) is 0 Å². The Morgan fingerprint density at radius 2 is 1.87 bits per heavy atom. The second kappa shape index (κ2) is 5.12. The van der Waals surface area contributed by atoms with Crippen molar-refractivity contribution in [2.45, 2.75) is 32.1 Å². The number of carbonyl (C=O) groups excluding carboxylic acids is 1. The van der Waals surface area contributed by atoms with E-state index < -0.39 is 0 Å². The molecule has 2 aromatic rings. The lowest BCUT2D eigenvalue weighted by Gasteiger charge is -2.23. The van der Waals surface area contributed by atoms with Gasteiger partial charge in [-0.1, -0.05) is 12.1 Å². The zero-order chi connectivity index (χ0) is 16.1. The first-order valence-corrected chi connectivity index (χ1v) is 7.90. The first kappa shape index (κ1) is 14.3. The minimum absolute atomic E-state index is 0.0469. The number of rotatable bonds is 1. The number of hydrogen-bond acceptors (Lipinski definition) is 1. The fourth-order valence-electron chi connectivity index (χ4n) is 3.82. The van der Waals surface area contributed by atoms with Crippen molar-refractivity contribution in [2.24, 2.45) is 0 Å². The zero-order valence-corrected chi connectivity index (χ0v) is 12.8. The molecule has 2 aromatic carbocycles. The van der Waals surface area contributed by atoms with Gasteiger partial charge < -0.3 is 0 Å². The van der Waals surface area contributed by atoms with Gasteiger partial charge in [0.15, 0.2) is 5.78 Å². The fourth-order valence-corrected chi connectivity index (χ4v) is 3.82. The van der Waals surface area contributed by atoms with Crippen LogP contribution in [0.3, 0.4) is 0 Å². The van der Waals surface area contributed by atoms with Gasteiger partial charge in [-0.3, -0.25) is 4.79 Å². The molecular formula is C20H16F2O. The summed E-state index contributed by atoms with van der Waals surface area (Å²) in [6, 6.07) is 7.63. The van der Waals surface area contributed by atoms with Crippen LogP contribution in [0.1, 0.15) is 41.9 Å². The lowest BCUT2D eigenvalue weighted by Crippen LogP contribution is -2.15. The first-order valence-electron chi connectivity index (χ1n) is 7.90. The van der Waals surface area contributed by atoms with E-state index in [0.717, 1.165) is 40.7 Å². The van der Waals surface area contributed by atoms with Gasteiger partial charge in [0.2, 0.25) is 0 Å². The third kappa shape index (κ3) is 2.14. The minimum Gasteiger partial charge on any atom is -0.295 e. The molecule has 4 rings (SSSR count). The molecule has 1 nitrogen and oxygen atoms in total. The Bertz CT molecular complexity index is 847. The number of halogens is 2. The molecule has 0 spiro atoms. The second-order valence-corrected chi connectivity index (χ2v) is 6.33. The zero-order valence-electron chi connectivity index (χ0n) is 12.8. The van der Waals surface area contributed by atoms with Crippen molar-refractivity contribution in [2.75, 3.05) is 0 Å². The van der Waals surface area contributed by atoms with E-state index in [4.69, 9.17) is 0 Å². The third-order valence-electron chi connectivity index (χ3n) is 5.01. The average molecular weight is 310 g/mol. The summed E-state index contributed by atoms with van der Waals surface area (Å²) >= 11 is 0. The SMILES string of the molecule is Cc1c(F)cc(-c2ccc(F)cc2)c2c1C=C1C(=O)CCCC12. The van der Waals surface area contributed by atoms with Crippen LogP contribution in [-0.2, 0) is 4.79 Å². The van der Waals surface area contributed by atoms with Crippen LogP contribution in [0.25, 0.3) is 17.2 Å². The number of hydrogen-bond donors (Lipinski definition) is 0. The van der Waals surface area contributed by atoms with E-state index in [1.54, 1.807) is 19.1 Å². The molecule has 2 aliphatic rings. The molecule has 0 N–H and O–H groups in total. The Morgan fingerprint density at radius 3 is 2.61 bits per heavy atom. The molecule has 1 atom stereocenters. The molecule has 2 aliphatic carbocycles. The molecule has 0 amide bonds. The maximum atomic E-state index is 14.4. The number of fused-ring (bicyclic) bond motifs is 3. The van der Waals surface area contributed by atoms with Gasteiger partial charge in [0.25, 0.3) is 0 Å². The summed E-state index contributed by atoms with van der Waals surface area (Å²) in [6.07, 6.45) is 4.21. The molecule has 0 bridgehead atoms. The Labute approximate surface area is 133 Å². The fraction of sp³-hybridized carbons (Fsp3) is 0.250. The van der Waals surface area contributed by atoms with E-state index in [9.17, 15) is 13.6 Å². The lowest BCUT2D eigenvalue weighted by molar-refractivity contribution is -0.116. The number of allylic oxidation sites excluding steroid dienone is 1. The van der Waals surface area contributed by atoms with E-state index >= 15 is 0 Å². The molecule has 1 fully saturated rings. The van der Waals surface area contributed by atoms with E-state index in [1.807, 2.05) is 6.08 Å². The van der Waals surface area contributed by atoms with Gasteiger partial charge in [-0.05, 0) is 71.9 Å². The summed E-state index contributed by atoms with van der Waals surface area (Å²) in [7, 11) is 0. The van der Waals surface area contributed by atoms with Crippen molar-refractivity contribution in [3.05, 3.63) is 64.2 Å². The summed E-state index contributed by atoms with van der Waals surface area (Å²) in [4.78, 5) is 12.2. The molecule has 0 heterocycles. The van der Waals surface area contributed by atoms with Crippen LogP contribution in [-0.4, -0.2) is 5.78 Å². The highest BCUT2D eigenvalue weighted by Gasteiger charge is 2.35. The second-order valence-electron chi connectivity index (χ2n) is 6.33. The molecule has 0 radical (unpaired) electrons. The molecule has 1 unspecified atom stereocenters. The van der Waals surface area contributed by atoms with Crippen molar-refractivity contribution < 1.29 is 13.6 Å². The highest BCUT2D eigenvalue weighted by molar-refractivity contribution is 6.05. The summed E-state index contributed by atoms with van der Waals surface area (Å²) in [5, 5.41) is 0. The van der Waals surface area contributed by atoms with Gasteiger partial charge in [-0.25, -0.2) is 8.78 Å². The molecule has 3 heteroatoms. The number of Topliss-reactive ketones (excluding diaryl/α,β-unsaturated/α-hetero) is 1. The molecule has 0 saturated heterocycles. The Kier molecular flexibility index (Phi) is 3.19. The quantitative estimate of drug-likeness (QED) is 0.710.